The van der Waals surface area contributed by atoms with Gasteiger partial charge in [0, 0.05) is 24.9 Å². The van der Waals surface area contributed by atoms with Gasteiger partial charge in [0.05, 0.1) is 5.69 Å². The lowest BCUT2D eigenvalue weighted by molar-refractivity contribution is -0.137. The number of anilines is 1. The molecule has 0 spiro atoms. The molecule has 3 N–H and O–H groups in total. The normalized spacial score (nSPS) is 11.6. The van der Waals surface area contributed by atoms with Crippen molar-refractivity contribution >= 4 is 23.5 Å². The number of carbonyl (C=O) groups is 3. The van der Waals surface area contributed by atoms with Gasteiger partial charge in [0.15, 0.2) is 0 Å². The van der Waals surface area contributed by atoms with Crippen LogP contribution in [0.5, 0.6) is 0 Å². The van der Waals surface area contributed by atoms with E-state index in [2.05, 4.69) is 10.6 Å². The Hall–Kier alpha value is -2.44. The van der Waals surface area contributed by atoms with Crippen LogP contribution in [0.25, 0.3) is 0 Å². The number of aliphatic carboxylic acids is 1. The van der Waals surface area contributed by atoms with Gasteiger partial charge in [-0.05, 0) is 31.5 Å². The molecule has 1 atom stereocenters. The summed E-state index contributed by atoms with van der Waals surface area (Å²) < 4.78 is 13.5. The SMILES string of the molecule is CC(=O)Nc1cc(C(=O)NC(C)CCC(=O)O)ccc1F. The minimum Gasteiger partial charge on any atom is -0.481 e. The third-order valence-electron chi connectivity index (χ3n) is 2.71. The zero-order valence-corrected chi connectivity index (χ0v) is 11.8. The predicted octanol–water partition coefficient (Wildman–Crippen LogP) is 1.77. The summed E-state index contributed by atoms with van der Waals surface area (Å²) in [7, 11) is 0. The number of amides is 2. The van der Waals surface area contributed by atoms with Crippen LogP contribution >= 0.6 is 0 Å². The van der Waals surface area contributed by atoms with Gasteiger partial charge in [-0.3, -0.25) is 14.4 Å². The molecule has 0 radical (unpaired) electrons. The Kier molecular flexibility index (Phi) is 5.83. The van der Waals surface area contributed by atoms with E-state index in [4.69, 9.17) is 5.11 Å². The molecule has 6 nitrogen and oxygen atoms in total. The van der Waals surface area contributed by atoms with Gasteiger partial charge >= 0.3 is 5.97 Å². The molecule has 0 saturated carbocycles. The number of nitrogens with one attached hydrogen (secondary N) is 2. The minimum atomic E-state index is -0.939. The van der Waals surface area contributed by atoms with Crippen molar-refractivity contribution in [2.45, 2.75) is 32.7 Å². The fraction of sp³-hybridized carbons (Fsp3) is 0.357. The van der Waals surface area contributed by atoms with Crippen LogP contribution in [-0.2, 0) is 9.59 Å². The molecule has 0 saturated heterocycles. The van der Waals surface area contributed by atoms with Gasteiger partial charge in [-0.15, -0.1) is 0 Å². The Morgan fingerprint density at radius 2 is 2.00 bits per heavy atom. The smallest absolute Gasteiger partial charge is 0.303 e. The van der Waals surface area contributed by atoms with Crippen molar-refractivity contribution in [2.24, 2.45) is 0 Å². The summed E-state index contributed by atoms with van der Waals surface area (Å²) in [5.74, 6) is -2.48. The van der Waals surface area contributed by atoms with E-state index in [1.807, 2.05) is 0 Å². The second-order valence-corrected chi connectivity index (χ2v) is 4.68. The molecule has 7 heteroatoms. The molecule has 114 valence electrons. The molecule has 0 aromatic heterocycles. The summed E-state index contributed by atoms with van der Waals surface area (Å²) in [5.41, 5.74) is 0.107. The van der Waals surface area contributed by atoms with Crippen LogP contribution in [0.15, 0.2) is 18.2 Å². The number of benzene rings is 1. The summed E-state index contributed by atoms with van der Waals surface area (Å²) >= 11 is 0. The highest BCUT2D eigenvalue weighted by Gasteiger charge is 2.13. The summed E-state index contributed by atoms with van der Waals surface area (Å²) in [6.45, 7) is 2.92. The van der Waals surface area contributed by atoms with Crippen molar-refractivity contribution in [3.05, 3.63) is 29.6 Å². The number of carboxylic acid groups (broad SMARTS) is 1. The van der Waals surface area contributed by atoms with Gasteiger partial charge in [0.2, 0.25) is 5.91 Å². The van der Waals surface area contributed by atoms with Crippen molar-refractivity contribution in [2.75, 3.05) is 5.32 Å². The first-order chi connectivity index (χ1) is 9.79. The average Bonchev–Trinajstić information content (AvgIpc) is 2.38. The summed E-state index contributed by atoms with van der Waals surface area (Å²) in [5, 5.41) is 13.5. The quantitative estimate of drug-likeness (QED) is 0.745. The van der Waals surface area contributed by atoms with Crippen LogP contribution in [0.3, 0.4) is 0 Å². The van der Waals surface area contributed by atoms with E-state index in [0.29, 0.717) is 6.42 Å². The number of hydrogen-bond acceptors (Lipinski definition) is 3. The third kappa shape index (κ3) is 5.60. The zero-order chi connectivity index (χ0) is 16.0. The average molecular weight is 296 g/mol. The van der Waals surface area contributed by atoms with Crippen LogP contribution < -0.4 is 10.6 Å². The highest BCUT2D eigenvalue weighted by molar-refractivity contribution is 5.97. The standard InChI is InChI=1S/C14H17FN2O4/c1-8(3-6-13(19)20)16-14(21)10-4-5-11(15)12(7-10)17-9(2)18/h4-5,7-8H,3,6H2,1-2H3,(H,16,21)(H,17,18)(H,19,20). The topological polar surface area (TPSA) is 95.5 Å². The van der Waals surface area contributed by atoms with Crippen LogP contribution in [0.4, 0.5) is 10.1 Å². The van der Waals surface area contributed by atoms with Gasteiger partial charge in [-0.1, -0.05) is 0 Å². The van der Waals surface area contributed by atoms with Crippen LogP contribution in [0.1, 0.15) is 37.0 Å². The lowest BCUT2D eigenvalue weighted by Crippen LogP contribution is -2.33. The lowest BCUT2D eigenvalue weighted by atomic mass is 10.1. The fourth-order valence-electron chi connectivity index (χ4n) is 1.67. The molecule has 0 heterocycles. The van der Waals surface area contributed by atoms with E-state index in [-0.39, 0.29) is 23.7 Å². The Bertz CT molecular complexity index is 560. The monoisotopic (exact) mass is 296 g/mol. The Morgan fingerprint density at radius 1 is 1.33 bits per heavy atom. The van der Waals surface area contributed by atoms with Crippen molar-refractivity contribution in [1.29, 1.82) is 0 Å². The first-order valence-corrected chi connectivity index (χ1v) is 6.39. The van der Waals surface area contributed by atoms with Gasteiger partial charge in [-0.25, -0.2) is 4.39 Å². The lowest BCUT2D eigenvalue weighted by Gasteiger charge is -2.13. The van der Waals surface area contributed by atoms with Gasteiger partial charge < -0.3 is 15.7 Å². The first kappa shape index (κ1) is 16.6. The fourth-order valence-corrected chi connectivity index (χ4v) is 1.67. The molecule has 0 bridgehead atoms. The molecule has 0 aliphatic rings. The maximum absolute atomic E-state index is 13.5. The molecular formula is C14H17FN2O4. The Labute approximate surface area is 121 Å². The molecular weight excluding hydrogens is 279 g/mol. The minimum absolute atomic E-state index is 0.0536. The molecule has 0 aliphatic carbocycles. The second kappa shape index (κ2) is 7.37. The van der Waals surface area contributed by atoms with Crippen LogP contribution in [0.2, 0.25) is 0 Å². The van der Waals surface area contributed by atoms with E-state index in [9.17, 15) is 18.8 Å². The molecule has 1 aromatic carbocycles. The summed E-state index contributed by atoms with van der Waals surface area (Å²) in [6, 6.07) is 3.28. The molecule has 1 unspecified atom stereocenters. The van der Waals surface area contributed by atoms with Crippen molar-refractivity contribution in [3.63, 3.8) is 0 Å². The van der Waals surface area contributed by atoms with Crippen molar-refractivity contribution in [1.82, 2.24) is 5.32 Å². The van der Waals surface area contributed by atoms with E-state index in [1.165, 1.54) is 19.1 Å². The highest BCUT2D eigenvalue weighted by Crippen LogP contribution is 2.16. The van der Waals surface area contributed by atoms with E-state index in [1.54, 1.807) is 6.92 Å². The number of hydrogen-bond donors (Lipinski definition) is 3. The summed E-state index contributed by atoms with van der Waals surface area (Å²) in [6.07, 6.45) is 0.239. The van der Waals surface area contributed by atoms with E-state index < -0.39 is 23.6 Å². The number of carbonyl (C=O) groups excluding carboxylic acids is 2. The van der Waals surface area contributed by atoms with Crippen molar-refractivity contribution in [3.8, 4) is 0 Å². The van der Waals surface area contributed by atoms with Crippen LogP contribution in [-0.4, -0.2) is 28.9 Å². The molecule has 21 heavy (non-hydrogen) atoms. The molecule has 1 rings (SSSR count). The van der Waals surface area contributed by atoms with E-state index >= 15 is 0 Å². The number of carboxylic acids is 1. The number of rotatable bonds is 6. The zero-order valence-electron chi connectivity index (χ0n) is 11.8. The van der Waals surface area contributed by atoms with Gasteiger partial charge in [0.1, 0.15) is 5.82 Å². The molecule has 0 aliphatic heterocycles. The molecule has 0 fully saturated rings. The maximum atomic E-state index is 13.5. The largest absolute Gasteiger partial charge is 0.481 e. The van der Waals surface area contributed by atoms with Gasteiger partial charge in [-0.2, -0.15) is 0 Å². The van der Waals surface area contributed by atoms with Gasteiger partial charge in [0.25, 0.3) is 5.91 Å². The summed E-state index contributed by atoms with van der Waals surface area (Å²) in [4.78, 5) is 33.3. The van der Waals surface area contributed by atoms with E-state index in [0.717, 1.165) is 6.07 Å². The maximum Gasteiger partial charge on any atom is 0.303 e. The second-order valence-electron chi connectivity index (χ2n) is 4.68. The Balaban J connectivity index is 2.73. The van der Waals surface area contributed by atoms with Crippen LogP contribution in [0, 0.1) is 5.82 Å². The molecule has 2 amide bonds. The Morgan fingerprint density at radius 3 is 2.57 bits per heavy atom. The highest BCUT2D eigenvalue weighted by atomic mass is 19.1. The van der Waals surface area contributed by atoms with Crippen molar-refractivity contribution < 1.29 is 23.9 Å². The third-order valence-corrected chi connectivity index (χ3v) is 2.71. The number of halogens is 1. The first-order valence-electron chi connectivity index (χ1n) is 6.39. The molecule has 1 aromatic rings. The predicted molar refractivity (Wildman–Crippen MR) is 74.5 cm³/mol.